The molecular formula is C17H17N3. The smallest absolute Gasteiger partial charge is 0.133 e. The molecule has 0 aliphatic heterocycles. The van der Waals surface area contributed by atoms with Gasteiger partial charge in [-0.25, -0.2) is 4.98 Å². The van der Waals surface area contributed by atoms with Gasteiger partial charge in [0, 0.05) is 11.9 Å². The largest absolute Gasteiger partial charge is 0.397 e. The fourth-order valence-electron chi connectivity index (χ4n) is 2.46. The number of nitrogens with zero attached hydrogens (tertiary/aromatic N) is 2. The highest BCUT2D eigenvalue weighted by molar-refractivity contribution is 5.95. The summed E-state index contributed by atoms with van der Waals surface area (Å²) < 4.78 is 0. The van der Waals surface area contributed by atoms with Crippen LogP contribution in [-0.4, -0.2) is 11.5 Å². The zero-order valence-electron chi connectivity index (χ0n) is 11.5. The lowest BCUT2D eigenvalue weighted by atomic mass is 10.1. The topological polar surface area (TPSA) is 42.1 Å². The number of hydrogen-bond acceptors (Lipinski definition) is 3. The van der Waals surface area contributed by atoms with Crippen LogP contribution in [0.25, 0.3) is 10.8 Å². The summed E-state index contributed by atoms with van der Waals surface area (Å²) in [5.41, 5.74) is 7.57. The number of hydrogen-bond donors (Lipinski definition) is 1. The number of aromatic nitrogens is 1. The number of fused-ring (bicyclic) bond motifs is 1. The SMILES string of the molecule is CCN(c1ccc(N)cn1)c1cccc2ccccc12. The Morgan fingerprint density at radius 1 is 1.00 bits per heavy atom. The summed E-state index contributed by atoms with van der Waals surface area (Å²) in [5.74, 6) is 0.915. The Hall–Kier alpha value is -2.55. The lowest BCUT2D eigenvalue weighted by molar-refractivity contribution is 0.996. The monoisotopic (exact) mass is 263 g/mol. The highest BCUT2D eigenvalue weighted by Gasteiger charge is 2.11. The Kier molecular flexibility index (Phi) is 3.25. The number of anilines is 3. The number of nitrogens with two attached hydrogens (primary N) is 1. The molecule has 3 heteroatoms. The van der Waals surface area contributed by atoms with Gasteiger partial charge in [0.2, 0.25) is 0 Å². The van der Waals surface area contributed by atoms with Gasteiger partial charge in [0.25, 0.3) is 0 Å². The normalized spacial score (nSPS) is 10.7. The van der Waals surface area contributed by atoms with Gasteiger partial charge < -0.3 is 10.6 Å². The van der Waals surface area contributed by atoms with E-state index >= 15 is 0 Å². The van der Waals surface area contributed by atoms with E-state index in [4.69, 9.17) is 5.73 Å². The third kappa shape index (κ3) is 2.18. The molecule has 0 amide bonds. The molecule has 0 aliphatic carbocycles. The first-order valence-corrected chi connectivity index (χ1v) is 6.76. The fourth-order valence-corrected chi connectivity index (χ4v) is 2.46. The van der Waals surface area contributed by atoms with E-state index in [1.807, 2.05) is 12.1 Å². The van der Waals surface area contributed by atoms with Crippen LogP contribution >= 0.6 is 0 Å². The van der Waals surface area contributed by atoms with E-state index in [0.717, 1.165) is 12.4 Å². The summed E-state index contributed by atoms with van der Waals surface area (Å²) in [4.78, 5) is 6.63. The minimum absolute atomic E-state index is 0.683. The van der Waals surface area contributed by atoms with Crippen LogP contribution in [0.2, 0.25) is 0 Å². The predicted molar refractivity (Wildman–Crippen MR) is 85.3 cm³/mol. The highest BCUT2D eigenvalue weighted by Crippen LogP contribution is 2.31. The van der Waals surface area contributed by atoms with Crippen molar-refractivity contribution in [3.8, 4) is 0 Å². The molecule has 2 N–H and O–H groups in total. The molecule has 0 saturated carbocycles. The maximum absolute atomic E-state index is 5.72. The molecule has 1 aromatic heterocycles. The van der Waals surface area contributed by atoms with Crippen molar-refractivity contribution in [1.29, 1.82) is 0 Å². The lowest BCUT2D eigenvalue weighted by Gasteiger charge is -2.23. The van der Waals surface area contributed by atoms with Crippen LogP contribution < -0.4 is 10.6 Å². The molecule has 0 unspecified atom stereocenters. The summed E-state index contributed by atoms with van der Waals surface area (Å²) in [6.45, 7) is 2.98. The Morgan fingerprint density at radius 2 is 1.80 bits per heavy atom. The second-order valence-corrected chi connectivity index (χ2v) is 4.69. The van der Waals surface area contributed by atoms with Crippen LogP contribution in [0.3, 0.4) is 0 Å². The van der Waals surface area contributed by atoms with Gasteiger partial charge in [0.1, 0.15) is 5.82 Å². The van der Waals surface area contributed by atoms with Crippen LogP contribution in [0, 0.1) is 0 Å². The molecule has 0 atom stereocenters. The third-order valence-electron chi connectivity index (χ3n) is 3.42. The molecule has 0 radical (unpaired) electrons. The minimum atomic E-state index is 0.683. The molecule has 100 valence electrons. The van der Waals surface area contributed by atoms with Gasteiger partial charge in [-0.1, -0.05) is 36.4 Å². The Morgan fingerprint density at radius 3 is 2.55 bits per heavy atom. The van der Waals surface area contributed by atoms with Gasteiger partial charge in [-0.2, -0.15) is 0 Å². The van der Waals surface area contributed by atoms with Gasteiger partial charge in [-0.05, 0) is 30.5 Å². The Labute approximate surface area is 118 Å². The van der Waals surface area contributed by atoms with Crippen molar-refractivity contribution in [3.05, 3.63) is 60.8 Å². The van der Waals surface area contributed by atoms with Gasteiger partial charge >= 0.3 is 0 Å². The zero-order valence-corrected chi connectivity index (χ0v) is 11.5. The number of benzene rings is 2. The average molecular weight is 263 g/mol. The number of rotatable bonds is 3. The summed E-state index contributed by atoms with van der Waals surface area (Å²) in [6, 6.07) is 18.6. The molecule has 3 aromatic rings. The van der Waals surface area contributed by atoms with E-state index < -0.39 is 0 Å². The van der Waals surface area contributed by atoms with Crippen molar-refractivity contribution in [2.75, 3.05) is 17.2 Å². The first kappa shape index (κ1) is 12.5. The van der Waals surface area contributed by atoms with Gasteiger partial charge in [-0.3, -0.25) is 0 Å². The highest BCUT2D eigenvalue weighted by atomic mass is 15.2. The van der Waals surface area contributed by atoms with Gasteiger partial charge in [0.15, 0.2) is 0 Å². The summed E-state index contributed by atoms with van der Waals surface area (Å²) in [6.07, 6.45) is 1.70. The number of pyridine rings is 1. The predicted octanol–water partition coefficient (Wildman–Crippen LogP) is 3.98. The van der Waals surface area contributed by atoms with Crippen LogP contribution in [0.5, 0.6) is 0 Å². The minimum Gasteiger partial charge on any atom is -0.397 e. The fraction of sp³-hybridized carbons (Fsp3) is 0.118. The van der Waals surface area contributed by atoms with E-state index in [1.165, 1.54) is 16.5 Å². The third-order valence-corrected chi connectivity index (χ3v) is 3.42. The van der Waals surface area contributed by atoms with Crippen molar-refractivity contribution in [1.82, 2.24) is 4.98 Å². The first-order valence-electron chi connectivity index (χ1n) is 6.76. The van der Waals surface area contributed by atoms with Crippen LogP contribution in [0.4, 0.5) is 17.2 Å². The van der Waals surface area contributed by atoms with E-state index in [2.05, 4.69) is 59.3 Å². The van der Waals surface area contributed by atoms with Crippen LogP contribution in [0.1, 0.15) is 6.92 Å². The summed E-state index contributed by atoms with van der Waals surface area (Å²) in [5, 5.41) is 2.47. The molecular weight excluding hydrogens is 246 g/mol. The van der Waals surface area contributed by atoms with Crippen molar-refractivity contribution in [2.45, 2.75) is 6.92 Å². The van der Waals surface area contributed by atoms with Crippen molar-refractivity contribution in [2.24, 2.45) is 0 Å². The number of nitrogen functional groups attached to an aromatic ring is 1. The zero-order chi connectivity index (χ0) is 13.9. The maximum atomic E-state index is 5.72. The van der Waals surface area contributed by atoms with Gasteiger partial charge in [-0.15, -0.1) is 0 Å². The second kappa shape index (κ2) is 5.21. The van der Waals surface area contributed by atoms with Crippen molar-refractivity contribution < 1.29 is 0 Å². The van der Waals surface area contributed by atoms with E-state index in [0.29, 0.717) is 5.69 Å². The van der Waals surface area contributed by atoms with Crippen LogP contribution in [-0.2, 0) is 0 Å². The quantitative estimate of drug-likeness (QED) is 0.777. The molecule has 20 heavy (non-hydrogen) atoms. The van der Waals surface area contributed by atoms with E-state index in [-0.39, 0.29) is 0 Å². The lowest BCUT2D eigenvalue weighted by Crippen LogP contribution is -2.17. The van der Waals surface area contributed by atoms with E-state index in [9.17, 15) is 0 Å². The molecule has 2 aromatic carbocycles. The Bertz CT molecular complexity index is 714. The maximum Gasteiger partial charge on any atom is 0.133 e. The van der Waals surface area contributed by atoms with E-state index in [1.54, 1.807) is 6.20 Å². The molecule has 0 spiro atoms. The Balaban J connectivity index is 2.14. The molecule has 0 bridgehead atoms. The van der Waals surface area contributed by atoms with Crippen LogP contribution in [0.15, 0.2) is 60.8 Å². The average Bonchev–Trinajstić information content (AvgIpc) is 2.50. The second-order valence-electron chi connectivity index (χ2n) is 4.69. The standard InChI is InChI=1S/C17H17N3/c1-2-20(17-11-10-14(18)12-19-17)16-9-5-7-13-6-3-4-8-15(13)16/h3-12H,2,18H2,1H3. The molecule has 0 aliphatic rings. The van der Waals surface area contributed by atoms with Crippen molar-refractivity contribution >= 4 is 28.0 Å². The molecule has 1 heterocycles. The van der Waals surface area contributed by atoms with Crippen molar-refractivity contribution in [3.63, 3.8) is 0 Å². The molecule has 3 nitrogen and oxygen atoms in total. The molecule has 0 fully saturated rings. The van der Waals surface area contributed by atoms with Gasteiger partial charge in [0.05, 0.1) is 17.6 Å². The molecule has 0 saturated heterocycles. The summed E-state index contributed by atoms with van der Waals surface area (Å²) in [7, 11) is 0. The first-order chi connectivity index (χ1) is 9.79. The molecule has 3 rings (SSSR count). The summed E-state index contributed by atoms with van der Waals surface area (Å²) >= 11 is 0.